The lowest BCUT2D eigenvalue weighted by atomic mass is 9.47. The number of carboxylic acid groups (broad SMARTS) is 1. The molecule has 4 aliphatic rings. The first-order chi connectivity index (χ1) is 13.3. The predicted octanol–water partition coefficient (Wildman–Crippen LogP) is 4.30. The summed E-state index contributed by atoms with van der Waals surface area (Å²) in [5.41, 5.74) is 0.0261. The van der Waals surface area contributed by atoms with Crippen LogP contribution in [0.15, 0.2) is 36.5 Å². The van der Waals surface area contributed by atoms with E-state index in [4.69, 9.17) is 5.11 Å². The molecule has 4 nitrogen and oxygen atoms in total. The van der Waals surface area contributed by atoms with Crippen molar-refractivity contribution >= 4 is 11.8 Å². The van der Waals surface area contributed by atoms with E-state index in [9.17, 15) is 14.7 Å². The first kappa shape index (κ1) is 19.6. The largest absolute Gasteiger partial charge is 0.478 e. The van der Waals surface area contributed by atoms with Crippen molar-refractivity contribution in [2.75, 3.05) is 0 Å². The Labute approximate surface area is 167 Å². The van der Waals surface area contributed by atoms with Gasteiger partial charge >= 0.3 is 5.97 Å². The first-order valence-electron chi connectivity index (χ1n) is 10.9. The second-order valence-corrected chi connectivity index (χ2v) is 9.46. The Hall–Kier alpha value is -1.68. The highest BCUT2D eigenvalue weighted by molar-refractivity contribution is 5.91. The zero-order valence-electron chi connectivity index (χ0n) is 16.8. The molecule has 0 amide bonds. The Morgan fingerprint density at radius 1 is 1.32 bits per heavy atom. The van der Waals surface area contributed by atoms with Crippen molar-refractivity contribution in [2.24, 2.45) is 35.0 Å². The molecule has 0 unspecified atom stereocenters. The van der Waals surface area contributed by atoms with Gasteiger partial charge in [0.2, 0.25) is 0 Å². The number of fused-ring (bicyclic) bond motifs is 5. The lowest BCUT2D eigenvalue weighted by Crippen LogP contribution is -2.55. The summed E-state index contributed by atoms with van der Waals surface area (Å²) in [6.45, 7) is 6.27. The van der Waals surface area contributed by atoms with E-state index in [0.717, 1.165) is 44.6 Å². The summed E-state index contributed by atoms with van der Waals surface area (Å²) in [7, 11) is 0. The van der Waals surface area contributed by atoms with Crippen LogP contribution < -0.4 is 0 Å². The standard InChI is InChI=1S/C24H32O4/c1-3-15-13-16-14-17(25)5-6-18(16)19-7-10-23(4-2)20(22(15)19)8-11-24(23,28)12-9-21(26)27/h3,9,12,14-15,18-20,22,28H,1,4-8,10-11,13H2,2H3,(H,26,27)/b12-9-/t15-,18+,19-,20+,22-,23+,24-/m1/s1. The molecule has 7 atom stereocenters. The molecule has 0 saturated heterocycles. The molecule has 0 radical (unpaired) electrons. The molecular formula is C24H32O4. The van der Waals surface area contributed by atoms with E-state index >= 15 is 0 Å². The van der Waals surface area contributed by atoms with E-state index in [-0.39, 0.29) is 11.2 Å². The fourth-order valence-electron chi connectivity index (χ4n) is 7.61. The third kappa shape index (κ3) is 2.75. The summed E-state index contributed by atoms with van der Waals surface area (Å²) in [4.78, 5) is 23.1. The third-order valence-electron chi connectivity index (χ3n) is 8.73. The minimum atomic E-state index is -1.04. The number of carbonyl (C=O) groups excluding carboxylic acids is 1. The SMILES string of the molecule is C=C[C@@H]1CC2=CC(=O)CC[C@@H]2[C@H]2CC[C@@]3(CC)[C@@H](CC[C@@]3(O)/C=C\C(=O)O)[C@@H]21. The van der Waals surface area contributed by atoms with Gasteiger partial charge in [-0.3, -0.25) is 4.79 Å². The quantitative estimate of drug-likeness (QED) is 0.560. The van der Waals surface area contributed by atoms with E-state index in [1.165, 1.54) is 5.57 Å². The number of hydrogen-bond acceptors (Lipinski definition) is 3. The van der Waals surface area contributed by atoms with Gasteiger partial charge in [-0.05, 0) is 86.7 Å². The highest BCUT2D eigenvalue weighted by Crippen LogP contribution is 2.67. The maximum atomic E-state index is 12.0. The first-order valence-corrected chi connectivity index (χ1v) is 10.9. The van der Waals surface area contributed by atoms with Crippen molar-refractivity contribution in [3.8, 4) is 0 Å². The molecule has 152 valence electrons. The molecule has 0 aromatic carbocycles. The van der Waals surface area contributed by atoms with E-state index in [2.05, 4.69) is 19.6 Å². The zero-order chi connectivity index (χ0) is 20.1. The van der Waals surface area contributed by atoms with Gasteiger partial charge in [-0.2, -0.15) is 0 Å². The Balaban J connectivity index is 1.72. The van der Waals surface area contributed by atoms with Gasteiger partial charge in [-0.1, -0.05) is 18.6 Å². The molecule has 2 N–H and O–H groups in total. The zero-order valence-corrected chi connectivity index (χ0v) is 16.8. The van der Waals surface area contributed by atoms with Gasteiger partial charge in [0.05, 0.1) is 5.60 Å². The molecular weight excluding hydrogens is 352 g/mol. The van der Waals surface area contributed by atoms with Gasteiger partial charge in [0.1, 0.15) is 0 Å². The Bertz CT molecular complexity index is 750. The number of hydrogen-bond donors (Lipinski definition) is 2. The monoisotopic (exact) mass is 384 g/mol. The number of rotatable bonds is 4. The average Bonchev–Trinajstić information content (AvgIpc) is 2.98. The minimum Gasteiger partial charge on any atom is -0.478 e. The summed E-state index contributed by atoms with van der Waals surface area (Å²) in [6.07, 6.45) is 13.6. The maximum absolute atomic E-state index is 12.0. The van der Waals surface area contributed by atoms with Crippen molar-refractivity contribution in [1.29, 1.82) is 0 Å². The molecule has 28 heavy (non-hydrogen) atoms. The molecule has 0 aromatic rings. The van der Waals surface area contributed by atoms with Crippen LogP contribution in [0.3, 0.4) is 0 Å². The highest BCUT2D eigenvalue weighted by Gasteiger charge is 2.64. The van der Waals surface area contributed by atoms with Crippen LogP contribution in [-0.4, -0.2) is 27.6 Å². The molecule has 3 fully saturated rings. The predicted molar refractivity (Wildman–Crippen MR) is 108 cm³/mol. The van der Waals surface area contributed by atoms with Crippen LogP contribution >= 0.6 is 0 Å². The summed E-state index contributed by atoms with van der Waals surface area (Å²) >= 11 is 0. The van der Waals surface area contributed by atoms with Crippen molar-refractivity contribution in [3.05, 3.63) is 36.5 Å². The number of carboxylic acids is 1. The molecule has 3 saturated carbocycles. The fraction of sp³-hybridized carbons (Fsp3) is 0.667. The number of allylic oxidation sites excluding steroid dienone is 2. The van der Waals surface area contributed by atoms with Crippen molar-refractivity contribution in [3.63, 3.8) is 0 Å². The molecule has 4 heteroatoms. The fourth-order valence-corrected chi connectivity index (χ4v) is 7.61. The molecule has 0 spiro atoms. The van der Waals surface area contributed by atoms with Crippen LogP contribution in [-0.2, 0) is 9.59 Å². The van der Waals surface area contributed by atoms with Gasteiger partial charge in [0.25, 0.3) is 0 Å². The van der Waals surface area contributed by atoms with E-state index in [1.807, 2.05) is 6.08 Å². The summed E-state index contributed by atoms with van der Waals surface area (Å²) in [6, 6.07) is 0. The normalized spacial score (nSPS) is 45.1. The van der Waals surface area contributed by atoms with Crippen molar-refractivity contribution < 1.29 is 19.8 Å². The van der Waals surface area contributed by atoms with Crippen LogP contribution in [0, 0.1) is 35.0 Å². The Morgan fingerprint density at radius 3 is 2.79 bits per heavy atom. The number of aliphatic carboxylic acids is 1. The van der Waals surface area contributed by atoms with Gasteiger partial charge < -0.3 is 10.2 Å². The van der Waals surface area contributed by atoms with Gasteiger partial charge in [-0.15, -0.1) is 6.58 Å². The van der Waals surface area contributed by atoms with Crippen LogP contribution in [0.1, 0.15) is 58.3 Å². The second-order valence-electron chi connectivity index (χ2n) is 9.46. The average molecular weight is 385 g/mol. The van der Waals surface area contributed by atoms with E-state index < -0.39 is 11.6 Å². The summed E-state index contributed by atoms with van der Waals surface area (Å²) in [5, 5.41) is 20.7. The minimum absolute atomic E-state index is 0.257. The summed E-state index contributed by atoms with van der Waals surface area (Å²) in [5.74, 6) is 1.49. The number of ketones is 1. The maximum Gasteiger partial charge on any atom is 0.328 e. The van der Waals surface area contributed by atoms with Crippen LogP contribution in [0.2, 0.25) is 0 Å². The van der Waals surface area contributed by atoms with E-state index in [0.29, 0.717) is 42.4 Å². The number of carbonyl (C=O) groups is 2. The van der Waals surface area contributed by atoms with Crippen LogP contribution in [0.4, 0.5) is 0 Å². The molecule has 0 aromatic heterocycles. The molecule has 0 aliphatic heterocycles. The Morgan fingerprint density at radius 2 is 2.11 bits per heavy atom. The molecule has 4 rings (SSSR count). The highest BCUT2D eigenvalue weighted by atomic mass is 16.4. The molecule has 0 heterocycles. The Kier molecular flexibility index (Phi) is 4.89. The molecule has 0 bridgehead atoms. The van der Waals surface area contributed by atoms with Crippen LogP contribution in [0.25, 0.3) is 0 Å². The van der Waals surface area contributed by atoms with Crippen molar-refractivity contribution in [2.45, 2.75) is 63.9 Å². The second kappa shape index (κ2) is 6.98. The van der Waals surface area contributed by atoms with Crippen LogP contribution in [0.5, 0.6) is 0 Å². The van der Waals surface area contributed by atoms with Gasteiger partial charge in [0, 0.05) is 17.9 Å². The molecule has 4 aliphatic carbocycles. The van der Waals surface area contributed by atoms with Crippen molar-refractivity contribution in [1.82, 2.24) is 0 Å². The third-order valence-corrected chi connectivity index (χ3v) is 8.73. The number of aliphatic hydroxyl groups is 1. The lowest BCUT2D eigenvalue weighted by molar-refractivity contribution is -0.132. The lowest BCUT2D eigenvalue weighted by Gasteiger charge is -2.58. The van der Waals surface area contributed by atoms with E-state index in [1.54, 1.807) is 6.08 Å². The van der Waals surface area contributed by atoms with Gasteiger partial charge in [-0.25, -0.2) is 4.79 Å². The smallest absolute Gasteiger partial charge is 0.328 e. The summed E-state index contributed by atoms with van der Waals surface area (Å²) < 4.78 is 0. The van der Waals surface area contributed by atoms with Gasteiger partial charge in [0.15, 0.2) is 5.78 Å². The topological polar surface area (TPSA) is 74.6 Å².